The van der Waals surface area contributed by atoms with Crippen LogP contribution in [0.3, 0.4) is 0 Å². The van der Waals surface area contributed by atoms with Gasteiger partial charge in [-0.25, -0.2) is 13.1 Å². The van der Waals surface area contributed by atoms with Crippen molar-refractivity contribution in [2.24, 2.45) is 0 Å². The Morgan fingerprint density at radius 1 is 0.879 bits per heavy atom. The third-order valence-electron chi connectivity index (χ3n) is 5.88. The standard InChI is InChI=1S/C26H29N3O3S/c1-20(21-9-4-2-5-10-21)28-33(31,32)25-12-8-11-22(19-25)26(30)27-23-13-15-24(16-14-23)29-17-6-3-7-18-29/h2,4-5,8-16,19-20,28H,3,6-7,17-18H2,1H3,(H,27,30)/t20-/m0/s1. The van der Waals surface area contributed by atoms with Crippen LogP contribution in [0.4, 0.5) is 11.4 Å². The lowest BCUT2D eigenvalue weighted by molar-refractivity contribution is 0.102. The second-order valence-corrected chi connectivity index (χ2v) is 10.0. The number of amides is 1. The molecule has 4 rings (SSSR count). The van der Waals surface area contributed by atoms with Crippen molar-refractivity contribution in [3.05, 3.63) is 90.0 Å². The van der Waals surface area contributed by atoms with E-state index in [9.17, 15) is 13.2 Å². The van der Waals surface area contributed by atoms with Gasteiger partial charge < -0.3 is 10.2 Å². The van der Waals surface area contributed by atoms with Gasteiger partial charge in [0.15, 0.2) is 0 Å². The van der Waals surface area contributed by atoms with Crippen molar-refractivity contribution in [2.75, 3.05) is 23.3 Å². The number of benzene rings is 3. The highest BCUT2D eigenvalue weighted by Gasteiger charge is 2.20. The molecular weight excluding hydrogens is 434 g/mol. The fraction of sp³-hybridized carbons (Fsp3) is 0.269. The van der Waals surface area contributed by atoms with Crippen LogP contribution in [0.15, 0.2) is 83.8 Å². The maximum absolute atomic E-state index is 12.9. The highest BCUT2D eigenvalue weighted by atomic mass is 32.2. The topological polar surface area (TPSA) is 78.5 Å². The molecule has 1 fully saturated rings. The summed E-state index contributed by atoms with van der Waals surface area (Å²) in [6.45, 7) is 3.91. The number of piperidine rings is 1. The number of hydrogen-bond acceptors (Lipinski definition) is 4. The summed E-state index contributed by atoms with van der Waals surface area (Å²) < 4.78 is 28.5. The first-order valence-corrected chi connectivity index (χ1v) is 12.7. The maximum atomic E-state index is 12.9. The molecule has 1 heterocycles. The van der Waals surface area contributed by atoms with Gasteiger partial charge in [0.25, 0.3) is 5.91 Å². The molecule has 1 amide bonds. The van der Waals surface area contributed by atoms with Gasteiger partial charge in [-0.1, -0.05) is 36.4 Å². The molecule has 0 spiro atoms. The lowest BCUT2D eigenvalue weighted by Gasteiger charge is -2.28. The monoisotopic (exact) mass is 463 g/mol. The van der Waals surface area contributed by atoms with E-state index in [1.165, 1.54) is 31.4 Å². The first kappa shape index (κ1) is 23.0. The molecule has 1 saturated heterocycles. The molecule has 1 aliphatic rings. The van der Waals surface area contributed by atoms with Crippen LogP contribution in [0.2, 0.25) is 0 Å². The summed E-state index contributed by atoms with van der Waals surface area (Å²) in [5.41, 5.74) is 2.97. The molecule has 0 unspecified atom stereocenters. The van der Waals surface area contributed by atoms with E-state index in [-0.39, 0.29) is 16.4 Å². The summed E-state index contributed by atoms with van der Waals surface area (Å²) in [7, 11) is -3.79. The Bertz CT molecular complexity index is 1190. The van der Waals surface area contributed by atoms with Crippen LogP contribution < -0.4 is 14.9 Å². The van der Waals surface area contributed by atoms with E-state index in [1.54, 1.807) is 19.1 Å². The second kappa shape index (κ2) is 10.2. The summed E-state index contributed by atoms with van der Waals surface area (Å²) in [6.07, 6.45) is 3.69. The Morgan fingerprint density at radius 3 is 2.27 bits per heavy atom. The number of nitrogens with zero attached hydrogens (tertiary/aromatic N) is 1. The predicted molar refractivity (Wildman–Crippen MR) is 132 cm³/mol. The van der Waals surface area contributed by atoms with Crippen LogP contribution in [0, 0.1) is 0 Å². The van der Waals surface area contributed by atoms with Gasteiger partial charge >= 0.3 is 0 Å². The zero-order valence-corrected chi connectivity index (χ0v) is 19.5. The lowest BCUT2D eigenvalue weighted by Crippen LogP contribution is -2.29. The predicted octanol–water partition coefficient (Wildman–Crippen LogP) is 4.97. The van der Waals surface area contributed by atoms with Crippen molar-refractivity contribution in [1.82, 2.24) is 4.72 Å². The van der Waals surface area contributed by atoms with Crippen LogP contribution >= 0.6 is 0 Å². The Morgan fingerprint density at radius 2 is 1.58 bits per heavy atom. The van der Waals surface area contributed by atoms with Crippen molar-refractivity contribution in [3.8, 4) is 0 Å². The smallest absolute Gasteiger partial charge is 0.255 e. The van der Waals surface area contributed by atoms with E-state index in [2.05, 4.69) is 14.9 Å². The van der Waals surface area contributed by atoms with Crippen LogP contribution in [-0.4, -0.2) is 27.4 Å². The fourth-order valence-electron chi connectivity index (χ4n) is 4.03. The van der Waals surface area contributed by atoms with Gasteiger partial charge in [0.2, 0.25) is 10.0 Å². The molecule has 6 nitrogen and oxygen atoms in total. The second-order valence-electron chi connectivity index (χ2n) is 8.33. The molecule has 1 atom stereocenters. The zero-order valence-electron chi connectivity index (χ0n) is 18.7. The van der Waals surface area contributed by atoms with Gasteiger partial charge in [-0.15, -0.1) is 0 Å². The summed E-state index contributed by atoms with van der Waals surface area (Å²) in [5.74, 6) is -0.353. The summed E-state index contributed by atoms with van der Waals surface area (Å²) in [6, 6.07) is 22.8. The molecule has 1 aliphatic heterocycles. The SMILES string of the molecule is C[C@H](NS(=O)(=O)c1cccc(C(=O)Nc2ccc(N3CCCCC3)cc2)c1)c1ccccc1. The minimum atomic E-state index is -3.79. The first-order valence-electron chi connectivity index (χ1n) is 11.3. The van der Waals surface area contributed by atoms with Crippen LogP contribution in [0.5, 0.6) is 0 Å². The number of rotatable bonds is 7. The van der Waals surface area contributed by atoms with Gasteiger partial charge in [0, 0.05) is 36.1 Å². The van der Waals surface area contributed by atoms with E-state index in [1.807, 2.05) is 54.6 Å². The molecule has 2 N–H and O–H groups in total. The van der Waals surface area contributed by atoms with Gasteiger partial charge in [0.05, 0.1) is 4.90 Å². The van der Waals surface area contributed by atoms with Crippen LogP contribution in [-0.2, 0) is 10.0 Å². The molecule has 33 heavy (non-hydrogen) atoms. The zero-order chi connectivity index (χ0) is 23.3. The molecule has 0 aliphatic carbocycles. The molecule has 3 aromatic carbocycles. The summed E-state index contributed by atoms with van der Waals surface area (Å²) >= 11 is 0. The van der Waals surface area contributed by atoms with Crippen molar-refractivity contribution in [3.63, 3.8) is 0 Å². The van der Waals surface area contributed by atoms with Crippen molar-refractivity contribution < 1.29 is 13.2 Å². The number of carbonyl (C=O) groups is 1. The van der Waals surface area contributed by atoms with Crippen molar-refractivity contribution in [1.29, 1.82) is 0 Å². The Balaban J connectivity index is 1.44. The fourth-order valence-corrected chi connectivity index (χ4v) is 5.30. The van der Waals surface area contributed by atoms with E-state index in [0.29, 0.717) is 5.69 Å². The van der Waals surface area contributed by atoms with E-state index < -0.39 is 16.1 Å². The number of sulfonamides is 1. The minimum absolute atomic E-state index is 0.0541. The molecular formula is C26H29N3O3S. The minimum Gasteiger partial charge on any atom is -0.372 e. The number of hydrogen-bond donors (Lipinski definition) is 2. The number of carbonyl (C=O) groups excluding carboxylic acids is 1. The third-order valence-corrected chi connectivity index (χ3v) is 7.42. The van der Waals surface area contributed by atoms with Crippen molar-refractivity contribution in [2.45, 2.75) is 37.1 Å². The highest BCUT2D eigenvalue weighted by molar-refractivity contribution is 7.89. The Hall–Kier alpha value is -3.16. The van der Waals surface area contributed by atoms with E-state index >= 15 is 0 Å². The Kier molecular flexibility index (Phi) is 7.11. The first-order chi connectivity index (χ1) is 15.9. The highest BCUT2D eigenvalue weighted by Crippen LogP contribution is 2.23. The normalized spacial score (nSPS) is 15.1. The summed E-state index contributed by atoms with van der Waals surface area (Å²) in [5, 5.41) is 2.86. The average Bonchev–Trinajstić information content (AvgIpc) is 2.85. The van der Waals surface area contributed by atoms with Gasteiger partial charge in [-0.3, -0.25) is 4.79 Å². The van der Waals surface area contributed by atoms with E-state index in [4.69, 9.17) is 0 Å². The quantitative estimate of drug-likeness (QED) is 0.519. The largest absolute Gasteiger partial charge is 0.372 e. The molecule has 3 aromatic rings. The number of nitrogens with one attached hydrogen (secondary N) is 2. The van der Waals surface area contributed by atoms with Gasteiger partial charge in [0.1, 0.15) is 0 Å². The number of anilines is 2. The lowest BCUT2D eigenvalue weighted by atomic mass is 10.1. The molecule has 0 bridgehead atoms. The molecule has 172 valence electrons. The average molecular weight is 464 g/mol. The van der Waals surface area contributed by atoms with Crippen LogP contribution in [0.25, 0.3) is 0 Å². The maximum Gasteiger partial charge on any atom is 0.255 e. The van der Waals surface area contributed by atoms with Crippen molar-refractivity contribution >= 4 is 27.3 Å². The summed E-state index contributed by atoms with van der Waals surface area (Å²) in [4.78, 5) is 15.2. The molecule has 0 radical (unpaired) electrons. The van der Waals surface area contributed by atoms with Gasteiger partial charge in [-0.2, -0.15) is 0 Å². The molecule has 0 aromatic heterocycles. The molecule has 0 saturated carbocycles. The Labute approximate surface area is 195 Å². The van der Waals surface area contributed by atoms with Gasteiger partial charge in [-0.05, 0) is 74.2 Å². The molecule has 7 heteroatoms. The van der Waals surface area contributed by atoms with E-state index in [0.717, 1.165) is 24.3 Å². The van der Waals surface area contributed by atoms with Crippen LogP contribution in [0.1, 0.15) is 48.1 Å². The third kappa shape index (κ3) is 5.80.